The molecule has 1 rings (SSSR count). The van der Waals surface area contributed by atoms with Gasteiger partial charge in [-0.15, -0.1) is 0 Å². The molecule has 2 atom stereocenters. The molecule has 0 radical (unpaired) electrons. The van der Waals surface area contributed by atoms with Crippen molar-refractivity contribution >= 4 is 12.1 Å². The SMILES string of the molecule is CC(C)(C)OC(=O)N[C@@H]1CCC[C@H]1C(=O)[O-]. The molecule has 1 aliphatic rings. The Bertz CT molecular complexity index is 282. The maximum atomic E-state index is 11.4. The zero-order chi connectivity index (χ0) is 12.3. The fourth-order valence-corrected chi connectivity index (χ4v) is 1.87. The summed E-state index contributed by atoms with van der Waals surface area (Å²) >= 11 is 0. The van der Waals surface area contributed by atoms with Crippen molar-refractivity contribution in [3.63, 3.8) is 0 Å². The largest absolute Gasteiger partial charge is 0.550 e. The van der Waals surface area contributed by atoms with Crippen molar-refractivity contribution in [1.82, 2.24) is 5.32 Å². The summed E-state index contributed by atoms with van der Waals surface area (Å²) in [5.41, 5.74) is -0.570. The average molecular weight is 228 g/mol. The minimum absolute atomic E-state index is 0.361. The van der Waals surface area contributed by atoms with E-state index in [1.165, 1.54) is 0 Å². The molecule has 1 aliphatic carbocycles. The Labute approximate surface area is 95.2 Å². The van der Waals surface area contributed by atoms with Crippen LogP contribution in [0.2, 0.25) is 0 Å². The van der Waals surface area contributed by atoms with Gasteiger partial charge < -0.3 is 20.0 Å². The smallest absolute Gasteiger partial charge is 0.407 e. The normalized spacial score (nSPS) is 25.2. The van der Waals surface area contributed by atoms with Crippen LogP contribution in [-0.2, 0) is 9.53 Å². The highest BCUT2D eigenvalue weighted by Gasteiger charge is 2.30. The highest BCUT2D eigenvalue weighted by Crippen LogP contribution is 2.25. The van der Waals surface area contributed by atoms with Crippen LogP contribution >= 0.6 is 0 Å². The molecular weight excluding hydrogens is 210 g/mol. The first-order chi connectivity index (χ1) is 7.29. The average Bonchev–Trinajstić information content (AvgIpc) is 2.47. The van der Waals surface area contributed by atoms with Crippen LogP contribution in [0.4, 0.5) is 4.79 Å². The van der Waals surface area contributed by atoms with Gasteiger partial charge in [0, 0.05) is 17.9 Å². The second-order valence-corrected chi connectivity index (χ2v) is 5.11. The molecule has 1 amide bonds. The number of carbonyl (C=O) groups excluding carboxylic acids is 2. The molecule has 0 aromatic heterocycles. The van der Waals surface area contributed by atoms with Gasteiger partial charge in [-0.25, -0.2) is 4.79 Å². The van der Waals surface area contributed by atoms with Crippen LogP contribution in [0.15, 0.2) is 0 Å². The number of amides is 1. The molecule has 0 saturated heterocycles. The summed E-state index contributed by atoms with van der Waals surface area (Å²) in [7, 11) is 0. The van der Waals surface area contributed by atoms with Crippen LogP contribution in [0.25, 0.3) is 0 Å². The molecule has 1 fully saturated rings. The molecule has 0 aromatic carbocycles. The molecule has 5 nitrogen and oxygen atoms in total. The molecule has 0 aromatic rings. The number of carboxylic acids is 1. The van der Waals surface area contributed by atoms with Crippen LogP contribution in [0.5, 0.6) is 0 Å². The summed E-state index contributed by atoms with van der Waals surface area (Å²) in [5, 5.41) is 13.4. The molecule has 0 unspecified atom stereocenters. The zero-order valence-corrected chi connectivity index (χ0v) is 9.91. The topological polar surface area (TPSA) is 78.5 Å². The van der Waals surface area contributed by atoms with Crippen LogP contribution in [0, 0.1) is 5.92 Å². The molecule has 0 heterocycles. The third-order valence-electron chi connectivity index (χ3n) is 2.52. The number of aliphatic carboxylic acids is 1. The van der Waals surface area contributed by atoms with Gasteiger partial charge in [-0.3, -0.25) is 0 Å². The number of hydrogen-bond donors (Lipinski definition) is 1. The van der Waals surface area contributed by atoms with Crippen molar-refractivity contribution < 1.29 is 19.4 Å². The Kier molecular flexibility index (Phi) is 3.78. The Morgan fingerprint density at radius 3 is 2.44 bits per heavy atom. The fraction of sp³-hybridized carbons (Fsp3) is 0.818. The highest BCUT2D eigenvalue weighted by atomic mass is 16.6. The first-order valence-corrected chi connectivity index (χ1v) is 5.50. The third-order valence-corrected chi connectivity index (χ3v) is 2.52. The van der Waals surface area contributed by atoms with E-state index in [0.717, 1.165) is 6.42 Å². The van der Waals surface area contributed by atoms with E-state index in [9.17, 15) is 14.7 Å². The lowest BCUT2D eigenvalue weighted by Crippen LogP contribution is -2.46. The molecule has 1 N–H and O–H groups in total. The number of rotatable bonds is 2. The van der Waals surface area contributed by atoms with E-state index in [1.807, 2.05) is 0 Å². The quantitative estimate of drug-likeness (QED) is 0.743. The molecule has 0 spiro atoms. The first-order valence-electron chi connectivity index (χ1n) is 5.50. The molecule has 0 bridgehead atoms. The van der Waals surface area contributed by atoms with E-state index in [4.69, 9.17) is 4.74 Å². The molecule has 0 aliphatic heterocycles. The number of ether oxygens (including phenoxy) is 1. The number of nitrogens with one attached hydrogen (secondary N) is 1. The lowest BCUT2D eigenvalue weighted by molar-refractivity contribution is -0.311. The maximum absolute atomic E-state index is 11.4. The summed E-state index contributed by atoms with van der Waals surface area (Å²) in [5.74, 6) is -1.69. The summed E-state index contributed by atoms with van der Waals surface area (Å²) in [6.45, 7) is 5.28. The summed E-state index contributed by atoms with van der Waals surface area (Å²) in [6.07, 6.45) is 1.45. The third kappa shape index (κ3) is 3.72. The van der Waals surface area contributed by atoms with Gasteiger partial charge in [0.15, 0.2) is 0 Å². The van der Waals surface area contributed by atoms with Gasteiger partial charge in [0.1, 0.15) is 5.60 Å². The molecule has 5 heteroatoms. The van der Waals surface area contributed by atoms with Crippen LogP contribution in [0.1, 0.15) is 40.0 Å². The Morgan fingerprint density at radius 1 is 1.31 bits per heavy atom. The van der Waals surface area contributed by atoms with E-state index in [2.05, 4.69) is 5.32 Å². The van der Waals surface area contributed by atoms with Gasteiger partial charge in [0.25, 0.3) is 0 Å². The van der Waals surface area contributed by atoms with Gasteiger partial charge in [-0.2, -0.15) is 0 Å². The first kappa shape index (κ1) is 12.8. The van der Waals surface area contributed by atoms with E-state index in [0.29, 0.717) is 12.8 Å². The predicted octanol–water partition coefficient (Wildman–Crippen LogP) is 0.430. The van der Waals surface area contributed by atoms with Crippen molar-refractivity contribution in [3.05, 3.63) is 0 Å². The second kappa shape index (κ2) is 4.72. The van der Waals surface area contributed by atoms with Gasteiger partial charge in [0.2, 0.25) is 0 Å². The lowest BCUT2D eigenvalue weighted by atomic mass is 10.0. The minimum atomic E-state index is -1.10. The standard InChI is InChI=1S/C11H19NO4/c1-11(2,3)16-10(15)12-8-6-4-5-7(8)9(13)14/h7-8H,4-6H2,1-3H3,(H,12,15)(H,13,14)/p-1/t7-,8-/m1/s1. The molecular formula is C11H18NO4-. The molecule has 92 valence electrons. The summed E-state index contributed by atoms with van der Waals surface area (Å²) in [4.78, 5) is 22.2. The highest BCUT2D eigenvalue weighted by molar-refractivity contribution is 5.72. The monoisotopic (exact) mass is 228 g/mol. The van der Waals surface area contributed by atoms with E-state index >= 15 is 0 Å². The van der Waals surface area contributed by atoms with Gasteiger partial charge in [-0.05, 0) is 33.6 Å². The Balaban J connectivity index is 2.47. The van der Waals surface area contributed by atoms with Gasteiger partial charge in [-0.1, -0.05) is 6.42 Å². The van der Waals surface area contributed by atoms with Gasteiger partial charge >= 0.3 is 6.09 Å². The maximum Gasteiger partial charge on any atom is 0.407 e. The van der Waals surface area contributed by atoms with Crippen molar-refractivity contribution in [2.75, 3.05) is 0 Å². The molecule has 1 saturated carbocycles. The Morgan fingerprint density at radius 2 is 1.94 bits per heavy atom. The van der Waals surface area contributed by atoms with Crippen LogP contribution in [-0.4, -0.2) is 23.7 Å². The summed E-state index contributed by atoms with van der Waals surface area (Å²) in [6, 6.07) is -0.361. The van der Waals surface area contributed by atoms with Crippen LogP contribution < -0.4 is 10.4 Å². The zero-order valence-electron chi connectivity index (χ0n) is 9.91. The van der Waals surface area contributed by atoms with E-state index in [-0.39, 0.29) is 6.04 Å². The number of carbonyl (C=O) groups is 2. The fourth-order valence-electron chi connectivity index (χ4n) is 1.87. The van der Waals surface area contributed by atoms with Crippen molar-refractivity contribution in [2.45, 2.75) is 51.7 Å². The second-order valence-electron chi connectivity index (χ2n) is 5.11. The number of hydrogen-bond acceptors (Lipinski definition) is 4. The minimum Gasteiger partial charge on any atom is -0.550 e. The van der Waals surface area contributed by atoms with Crippen molar-refractivity contribution in [2.24, 2.45) is 5.92 Å². The van der Waals surface area contributed by atoms with Crippen LogP contribution in [0.3, 0.4) is 0 Å². The van der Waals surface area contributed by atoms with Crippen molar-refractivity contribution in [1.29, 1.82) is 0 Å². The number of alkyl carbamates (subject to hydrolysis) is 1. The molecule has 16 heavy (non-hydrogen) atoms. The number of carboxylic acid groups (broad SMARTS) is 1. The predicted molar refractivity (Wildman–Crippen MR) is 55.5 cm³/mol. The van der Waals surface area contributed by atoms with Crippen molar-refractivity contribution in [3.8, 4) is 0 Å². The summed E-state index contributed by atoms with van der Waals surface area (Å²) < 4.78 is 5.06. The Hall–Kier alpha value is -1.26. The van der Waals surface area contributed by atoms with E-state index < -0.39 is 23.6 Å². The van der Waals surface area contributed by atoms with Gasteiger partial charge in [0.05, 0.1) is 0 Å². The van der Waals surface area contributed by atoms with E-state index in [1.54, 1.807) is 20.8 Å². The lowest BCUT2D eigenvalue weighted by Gasteiger charge is -2.25.